The number of hydrogen-bond acceptors (Lipinski definition) is 5. The first-order valence-electron chi connectivity index (χ1n) is 5.45. The Labute approximate surface area is 115 Å². The van der Waals surface area contributed by atoms with Gasteiger partial charge in [-0.1, -0.05) is 0 Å². The van der Waals surface area contributed by atoms with E-state index in [2.05, 4.69) is 14.6 Å². The number of aromatic nitrogens is 2. The van der Waals surface area contributed by atoms with Crippen LogP contribution in [0.25, 0.3) is 0 Å². The molecule has 0 radical (unpaired) electrons. The molecule has 0 atom stereocenters. The molecule has 0 fully saturated rings. The maximum Gasteiger partial charge on any atom is 0.434 e. The zero-order chi connectivity index (χ0) is 14.5. The molecular formula is C11H9F3N2O3S. The fourth-order valence-corrected chi connectivity index (χ4v) is 1.99. The molecule has 1 aromatic heterocycles. The van der Waals surface area contributed by atoms with E-state index in [1.54, 1.807) is 0 Å². The molecule has 1 aromatic carbocycles. The number of H-pyrrole nitrogens is 1. The average molecular weight is 306 g/mol. The largest absolute Gasteiger partial charge is 0.487 e. The van der Waals surface area contributed by atoms with Gasteiger partial charge in [0.2, 0.25) is 5.89 Å². The molecule has 20 heavy (non-hydrogen) atoms. The van der Waals surface area contributed by atoms with E-state index in [4.69, 9.17) is 4.74 Å². The molecule has 0 unspecified atom stereocenters. The predicted molar refractivity (Wildman–Crippen MR) is 65.1 cm³/mol. The van der Waals surface area contributed by atoms with Crippen LogP contribution in [0.1, 0.15) is 5.89 Å². The smallest absolute Gasteiger partial charge is 0.434 e. The summed E-state index contributed by atoms with van der Waals surface area (Å²) >= 11 is 1.29. The van der Waals surface area contributed by atoms with E-state index in [1.165, 1.54) is 11.8 Å². The Hall–Kier alpha value is -1.90. The van der Waals surface area contributed by atoms with Crippen LogP contribution in [0.3, 0.4) is 0 Å². The van der Waals surface area contributed by atoms with Crippen LogP contribution in [0.2, 0.25) is 0 Å². The van der Waals surface area contributed by atoms with Crippen LogP contribution in [0, 0.1) is 17.5 Å². The summed E-state index contributed by atoms with van der Waals surface area (Å²) in [5, 5.41) is 5.69. The molecule has 108 valence electrons. The number of aromatic amines is 1. The van der Waals surface area contributed by atoms with Crippen LogP contribution in [-0.4, -0.2) is 22.6 Å². The summed E-state index contributed by atoms with van der Waals surface area (Å²) in [5.74, 6) is -3.53. The Kier molecular flexibility index (Phi) is 4.72. The van der Waals surface area contributed by atoms with Gasteiger partial charge in [0.15, 0.2) is 17.4 Å². The van der Waals surface area contributed by atoms with Gasteiger partial charge in [-0.15, -0.1) is 16.9 Å². The summed E-state index contributed by atoms with van der Waals surface area (Å²) in [6.45, 7) is 0.0127. The zero-order valence-electron chi connectivity index (χ0n) is 9.99. The molecule has 0 bridgehead atoms. The molecule has 2 aromatic rings. The average Bonchev–Trinajstić information content (AvgIpc) is 2.77. The second-order valence-electron chi connectivity index (χ2n) is 3.61. The summed E-state index contributed by atoms with van der Waals surface area (Å²) in [4.78, 5) is 10.6. The lowest BCUT2D eigenvalue weighted by molar-refractivity contribution is 0.303. The van der Waals surface area contributed by atoms with Crippen molar-refractivity contribution in [2.75, 3.05) is 12.4 Å². The lowest BCUT2D eigenvalue weighted by atomic mass is 10.3. The van der Waals surface area contributed by atoms with Gasteiger partial charge in [-0.2, -0.15) is 0 Å². The van der Waals surface area contributed by atoms with Crippen LogP contribution >= 0.6 is 11.8 Å². The van der Waals surface area contributed by atoms with Gasteiger partial charge in [-0.05, 0) is 0 Å². The van der Waals surface area contributed by atoms with Gasteiger partial charge in [0, 0.05) is 17.9 Å². The van der Waals surface area contributed by atoms with Gasteiger partial charge >= 0.3 is 5.76 Å². The van der Waals surface area contributed by atoms with Crippen molar-refractivity contribution in [3.63, 3.8) is 0 Å². The summed E-state index contributed by atoms with van der Waals surface area (Å²) < 4.78 is 48.6. The molecule has 0 spiro atoms. The number of thioether (sulfide) groups is 1. The Morgan fingerprint density at radius 1 is 1.30 bits per heavy atom. The number of benzene rings is 1. The van der Waals surface area contributed by atoms with Gasteiger partial charge in [-0.3, -0.25) is 0 Å². The molecule has 0 aliphatic carbocycles. The van der Waals surface area contributed by atoms with Gasteiger partial charge in [-0.25, -0.2) is 23.1 Å². The Balaban J connectivity index is 1.77. The van der Waals surface area contributed by atoms with Crippen LogP contribution in [0.15, 0.2) is 21.3 Å². The second-order valence-corrected chi connectivity index (χ2v) is 4.71. The highest BCUT2D eigenvalue weighted by Crippen LogP contribution is 2.23. The summed E-state index contributed by atoms with van der Waals surface area (Å²) in [6.07, 6.45) is 0. The second kappa shape index (κ2) is 6.51. The first-order valence-corrected chi connectivity index (χ1v) is 6.61. The number of rotatable bonds is 6. The van der Waals surface area contributed by atoms with E-state index < -0.39 is 29.0 Å². The molecular weight excluding hydrogens is 297 g/mol. The molecule has 0 aliphatic rings. The Morgan fingerprint density at radius 2 is 2.00 bits per heavy atom. The molecule has 0 saturated heterocycles. The van der Waals surface area contributed by atoms with Crippen LogP contribution in [-0.2, 0) is 5.75 Å². The molecule has 2 rings (SSSR count). The maximum absolute atomic E-state index is 13.2. The van der Waals surface area contributed by atoms with Crippen molar-refractivity contribution >= 4 is 11.8 Å². The number of hydrogen-bond donors (Lipinski definition) is 1. The van der Waals surface area contributed by atoms with Gasteiger partial charge in [0.1, 0.15) is 5.82 Å². The first-order chi connectivity index (χ1) is 9.56. The van der Waals surface area contributed by atoms with Crippen molar-refractivity contribution in [2.24, 2.45) is 0 Å². The minimum Gasteiger partial charge on any atom is -0.487 e. The van der Waals surface area contributed by atoms with Crippen LogP contribution in [0.4, 0.5) is 13.2 Å². The van der Waals surface area contributed by atoms with E-state index >= 15 is 0 Å². The van der Waals surface area contributed by atoms with Gasteiger partial charge in [0.05, 0.1) is 12.4 Å². The lowest BCUT2D eigenvalue weighted by Crippen LogP contribution is -2.04. The molecule has 0 saturated carbocycles. The van der Waals surface area contributed by atoms with E-state index in [0.29, 0.717) is 23.6 Å². The molecule has 0 amide bonds. The molecule has 0 aliphatic heterocycles. The number of halogens is 3. The zero-order valence-corrected chi connectivity index (χ0v) is 10.8. The number of nitrogens with one attached hydrogen (secondary N) is 1. The first kappa shape index (κ1) is 14.5. The summed E-state index contributed by atoms with van der Waals surface area (Å²) in [7, 11) is 0. The van der Waals surface area contributed by atoms with Crippen molar-refractivity contribution in [1.82, 2.24) is 10.2 Å². The fraction of sp³-hybridized carbons (Fsp3) is 0.273. The quantitative estimate of drug-likeness (QED) is 0.828. The molecule has 1 N–H and O–H groups in total. The van der Waals surface area contributed by atoms with Crippen molar-refractivity contribution in [3.05, 3.63) is 46.0 Å². The fourth-order valence-electron chi connectivity index (χ4n) is 1.35. The molecule has 9 heteroatoms. The Morgan fingerprint density at radius 3 is 2.60 bits per heavy atom. The lowest BCUT2D eigenvalue weighted by Gasteiger charge is -2.07. The van der Waals surface area contributed by atoms with Crippen molar-refractivity contribution in [2.45, 2.75) is 5.75 Å². The highest BCUT2D eigenvalue weighted by atomic mass is 32.2. The summed E-state index contributed by atoms with van der Waals surface area (Å²) in [5.41, 5.74) is 0. The summed E-state index contributed by atoms with van der Waals surface area (Å²) in [6, 6.07) is 1.09. The topological polar surface area (TPSA) is 68.1 Å². The van der Waals surface area contributed by atoms with Crippen LogP contribution < -0.4 is 10.5 Å². The minimum atomic E-state index is -1.09. The van der Waals surface area contributed by atoms with E-state index in [1.807, 2.05) is 0 Å². The number of ether oxygens (including phenoxy) is 1. The SMILES string of the molecule is O=c1[nH]nc(CSCCOc2c(F)cc(F)cc2F)o1. The van der Waals surface area contributed by atoms with E-state index in [0.717, 1.165) is 0 Å². The standard InChI is InChI=1S/C11H9F3N2O3S/c12-6-3-7(13)10(8(14)4-6)18-1-2-20-5-9-15-16-11(17)19-9/h3-4H,1-2,5H2,(H,16,17). The van der Waals surface area contributed by atoms with Crippen molar-refractivity contribution in [3.8, 4) is 5.75 Å². The van der Waals surface area contributed by atoms with Crippen molar-refractivity contribution < 1.29 is 22.3 Å². The third-order valence-electron chi connectivity index (χ3n) is 2.15. The molecule has 1 heterocycles. The highest BCUT2D eigenvalue weighted by Gasteiger charge is 2.12. The van der Waals surface area contributed by atoms with E-state index in [9.17, 15) is 18.0 Å². The predicted octanol–water partition coefficient (Wildman–Crippen LogP) is 2.09. The minimum absolute atomic E-state index is 0.0127. The maximum atomic E-state index is 13.2. The van der Waals surface area contributed by atoms with E-state index in [-0.39, 0.29) is 12.5 Å². The normalized spacial score (nSPS) is 10.8. The Bertz CT molecular complexity index is 621. The third kappa shape index (κ3) is 3.80. The van der Waals surface area contributed by atoms with Gasteiger partial charge in [0.25, 0.3) is 0 Å². The number of nitrogens with zero attached hydrogens (tertiary/aromatic N) is 1. The monoisotopic (exact) mass is 306 g/mol. The highest BCUT2D eigenvalue weighted by molar-refractivity contribution is 7.98. The van der Waals surface area contributed by atoms with Gasteiger partial charge < -0.3 is 9.15 Å². The third-order valence-corrected chi connectivity index (χ3v) is 3.05. The van der Waals surface area contributed by atoms with Crippen molar-refractivity contribution in [1.29, 1.82) is 0 Å². The van der Waals surface area contributed by atoms with Crippen LogP contribution in [0.5, 0.6) is 5.75 Å². The molecule has 5 nitrogen and oxygen atoms in total.